The second kappa shape index (κ2) is 4.43. The Balaban J connectivity index is 3.61. The van der Waals surface area contributed by atoms with E-state index in [4.69, 9.17) is 0 Å². The first-order valence-corrected chi connectivity index (χ1v) is 3.67. The zero-order valence-electron chi connectivity index (χ0n) is 5.65. The van der Waals surface area contributed by atoms with E-state index in [1.54, 1.807) is 0 Å². The van der Waals surface area contributed by atoms with Gasteiger partial charge in [0.25, 0.3) is 0 Å². The van der Waals surface area contributed by atoms with Crippen LogP contribution in [0.15, 0.2) is 12.7 Å². The molecule has 0 aliphatic rings. The fourth-order valence-electron chi connectivity index (χ4n) is 0.400. The second-order valence-electron chi connectivity index (χ2n) is 1.75. The molecule has 0 fully saturated rings. The van der Waals surface area contributed by atoms with E-state index in [1.807, 2.05) is 0 Å². The first kappa shape index (κ1) is 10.6. The topological polar surface area (TPSA) is 17.1 Å². The predicted molar refractivity (Wildman–Crippen MR) is 38.1 cm³/mol. The van der Waals surface area contributed by atoms with Gasteiger partial charge in [0.15, 0.2) is 5.12 Å². The molecule has 11 heavy (non-hydrogen) atoms. The molecule has 5 heteroatoms. The van der Waals surface area contributed by atoms with Crippen LogP contribution < -0.4 is 0 Å². The molecule has 0 aromatic rings. The van der Waals surface area contributed by atoms with Crippen molar-refractivity contribution in [1.29, 1.82) is 0 Å². The minimum Gasteiger partial charge on any atom is -0.287 e. The summed E-state index contributed by atoms with van der Waals surface area (Å²) in [4.78, 5) is 10.4. The van der Waals surface area contributed by atoms with Crippen molar-refractivity contribution in [3.63, 3.8) is 0 Å². The Hall–Kier alpha value is -0.450. The summed E-state index contributed by atoms with van der Waals surface area (Å²) in [6.45, 7) is 3.29. The van der Waals surface area contributed by atoms with Crippen LogP contribution in [0, 0.1) is 0 Å². The number of hydrogen-bond donors (Lipinski definition) is 0. The van der Waals surface area contributed by atoms with Crippen LogP contribution in [0.25, 0.3) is 0 Å². The number of alkyl halides is 3. The van der Waals surface area contributed by atoms with Crippen molar-refractivity contribution in [3.8, 4) is 0 Å². The van der Waals surface area contributed by atoms with Crippen molar-refractivity contribution >= 4 is 16.9 Å². The van der Waals surface area contributed by atoms with Crippen molar-refractivity contribution in [2.24, 2.45) is 0 Å². The van der Waals surface area contributed by atoms with E-state index in [9.17, 15) is 18.0 Å². The maximum absolute atomic E-state index is 11.4. The summed E-state index contributed by atoms with van der Waals surface area (Å²) < 4.78 is 34.3. The first-order chi connectivity index (χ1) is 4.95. The fraction of sp³-hybridized carbons (Fsp3) is 0.500. The molecule has 0 amide bonds. The van der Waals surface area contributed by atoms with Gasteiger partial charge in [0.05, 0.1) is 0 Å². The average Bonchev–Trinajstić information content (AvgIpc) is 1.79. The smallest absolute Gasteiger partial charge is 0.287 e. The Bertz CT molecular complexity index is 152. The standard InChI is InChI=1S/C6H7F3OS/c1-2-3-4-5(10)11-6(7,8)9/h2H,1,3-4H2. The molecule has 0 saturated carbocycles. The van der Waals surface area contributed by atoms with Crippen LogP contribution in [0.1, 0.15) is 12.8 Å². The van der Waals surface area contributed by atoms with E-state index in [0.717, 1.165) is 0 Å². The van der Waals surface area contributed by atoms with Crippen molar-refractivity contribution in [3.05, 3.63) is 12.7 Å². The molecule has 0 heterocycles. The first-order valence-electron chi connectivity index (χ1n) is 2.85. The highest BCUT2D eigenvalue weighted by atomic mass is 32.2. The van der Waals surface area contributed by atoms with Gasteiger partial charge >= 0.3 is 5.51 Å². The van der Waals surface area contributed by atoms with Crippen LogP contribution in [0.2, 0.25) is 0 Å². The molecular formula is C6H7F3OS. The van der Waals surface area contributed by atoms with Gasteiger partial charge in [0.1, 0.15) is 0 Å². The fourth-order valence-corrected chi connectivity index (χ4v) is 0.878. The van der Waals surface area contributed by atoms with E-state index < -0.39 is 22.4 Å². The highest BCUT2D eigenvalue weighted by molar-refractivity contribution is 8.14. The highest BCUT2D eigenvalue weighted by Gasteiger charge is 2.31. The number of carbonyl (C=O) groups is 1. The van der Waals surface area contributed by atoms with Gasteiger partial charge in [-0.05, 0) is 6.42 Å². The predicted octanol–water partition coefficient (Wildman–Crippen LogP) is 2.73. The van der Waals surface area contributed by atoms with Gasteiger partial charge in [0.2, 0.25) is 0 Å². The number of allylic oxidation sites excluding steroid dienone is 1. The molecule has 0 bridgehead atoms. The maximum Gasteiger partial charge on any atom is 0.449 e. The van der Waals surface area contributed by atoms with Crippen LogP contribution in [0.4, 0.5) is 13.2 Å². The molecule has 0 atom stereocenters. The Labute approximate surface area is 66.7 Å². The number of hydrogen-bond acceptors (Lipinski definition) is 2. The third-order valence-corrected chi connectivity index (χ3v) is 1.45. The lowest BCUT2D eigenvalue weighted by Gasteiger charge is -2.01. The summed E-state index contributed by atoms with van der Waals surface area (Å²) in [5, 5.41) is -0.864. The molecular weight excluding hydrogens is 177 g/mol. The molecule has 0 unspecified atom stereocenters. The number of carbonyl (C=O) groups excluding carboxylic acids is 1. The summed E-state index contributed by atoms with van der Waals surface area (Å²) >= 11 is -0.590. The molecule has 0 aromatic carbocycles. The van der Waals surface area contributed by atoms with Crippen LogP contribution in [0.3, 0.4) is 0 Å². The second-order valence-corrected chi connectivity index (χ2v) is 2.87. The number of rotatable bonds is 3. The summed E-state index contributed by atoms with van der Waals surface area (Å²) in [5.41, 5.74) is -4.45. The minimum absolute atomic E-state index is 0.103. The zero-order chi connectivity index (χ0) is 8.91. The molecule has 0 aliphatic carbocycles. The normalized spacial score (nSPS) is 11.2. The molecule has 0 aromatic heterocycles. The van der Waals surface area contributed by atoms with Gasteiger partial charge in [0, 0.05) is 18.2 Å². The summed E-state index contributed by atoms with van der Waals surface area (Å²) in [5.74, 6) is 0. The monoisotopic (exact) mass is 184 g/mol. The van der Waals surface area contributed by atoms with Gasteiger partial charge in [-0.3, -0.25) is 4.79 Å². The Morgan fingerprint density at radius 2 is 2.09 bits per heavy atom. The third-order valence-electron chi connectivity index (χ3n) is 0.782. The van der Waals surface area contributed by atoms with Gasteiger partial charge < -0.3 is 0 Å². The van der Waals surface area contributed by atoms with E-state index in [-0.39, 0.29) is 6.42 Å². The van der Waals surface area contributed by atoms with E-state index in [1.165, 1.54) is 6.08 Å². The van der Waals surface area contributed by atoms with Crippen molar-refractivity contribution in [2.45, 2.75) is 18.3 Å². The van der Waals surface area contributed by atoms with Crippen molar-refractivity contribution < 1.29 is 18.0 Å². The Morgan fingerprint density at radius 3 is 2.45 bits per heavy atom. The quantitative estimate of drug-likeness (QED) is 0.627. The van der Waals surface area contributed by atoms with Crippen LogP contribution in [-0.2, 0) is 4.79 Å². The Kier molecular flexibility index (Phi) is 4.25. The summed E-state index contributed by atoms with van der Waals surface area (Å²) in [6.07, 6.45) is 1.60. The summed E-state index contributed by atoms with van der Waals surface area (Å²) in [6, 6.07) is 0. The molecule has 1 nitrogen and oxygen atoms in total. The van der Waals surface area contributed by atoms with Crippen LogP contribution >= 0.6 is 11.8 Å². The molecule has 64 valence electrons. The third kappa shape index (κ3) is 7.45. The van der Waals surface area contributed by atoms with E-state index >= 15 is 0 Å². The van der Waals surface area contributed by atoms with Gasteiger partial charge in [-0.15, -0.1) is 6.58 Å². The van der Waals surface area contributed by atoms with Gasteiger partial charge in [-0.1, -0.05) is 6.08 Å². The molecule has 0 aliphatic heterocycles. The van der Waals surface area contributed by atoms with Crippen LogP contribution in [-0.4, -0.2) is 10.6 Å². The number of halogens is 3. The summed E-state index contributed by atoms with van der Waals surface area (Å²) in [7, 11) is 0. The van der Waals surface area contributed by atoms with Crippen molar-refractivity contribution in [2.75, 3.05) is 0 Å². The van der Waals surface area contributed by atoms with E-state index in [2.05, 4.69) is 6.58 Å². The lowest BCUT2D eigenvalue weighted by atomic mass is 10.3. The minimum atomic E-state index is -4.45. The largest absolute Gasteiger partial charge is 0.449 e. The molecule has 0 N–H and O–H groups in total. The van der Waals surface area contributed by atoms with E-state index in [0.29, 0.717) is 6.42 Å². The SMILES string of the molecule is C=CCCC(=O)SC(F)(F)F. The molecule has 0 spiro atoms. The Morgan fingerprint density at radius 1 is 1.55 bits per heavy atom. The van der Waals surface area contributed by atoms with Crippen molar-refractivity contribution in [1.82, 2.24) is 0 Å². The maximum atomic E-state index is 11.4. The lowest BCUT2D eigenvalue weighted by Crippen LogP contribution is -2.05. The molecule has 0 rings (SSSR count). The van der Waals surface area contributed by atoms with Gasteiger partial charge in [-0.2, -0.15) is 13.2 Å². The average molecular weight is 184 g/mol. The lowest BCUT2D eigenvalue weighted by molar-refractivity contribution is -0.112. The van der Waals surface area contributed by atoms with Crippen LogP contribution in [0.5, 0.6) is 0 Å². The highest BCUT2D eigenvalue weighted by Crippen LogP contribution is 2.31. The molecule has 0 saturated heterocycles. The zero-order valence-corrected chi connectivity index (χ0v) is 6.47. The van der Waals surface area contributed by atoms with Gasteiger partial charge in [-0.25, -0.2) is 0 Å². The molecule has 0 radical (unpaired) electrons. The number of thioether (sulfide) groups is 1.